The Kier molecular flexibility index (Phi) is 6.06. The number of oxime groups is 1. The van der Waals surface area contributed by atoms with E-state index in [0.717, 1.165) is 28.0 Å². The van der Waals surface area contributed by atoms with Crippen molar-refractivity contribution in [3.63, 3.8) is 0 Å². The van der Waals surface area contributed by atoms with Crippen molar-refractivity contribution in [1.29, 1.82) is 0 Å². The van der Waals surface area contributed by atoms with E-state index in [2.05, 4.69) is 20.3 Å². The molecule has 0 radical (unpaired) electrons. The van der Waals surface area contributed by atoms with Crippen LogP contribution in [0.3, 0.4) is 0 Å². The van der Waals surface area contributed by atoms with Crippen LogP contribution in [0.1, 0.15) is 12.6 Å². The number of Topliss-reactive ketones (excluding diaryl/α,β-unsaturated/α-hetero) is 1. The average molecular weight is 456 g/mol. The summed E-state index contributed by atoms with van der Waals surface area (Å²) < 4.78 is 0. The molecule has 160 valence electrons. The maximum Gasteiger partial charge on any atom is 0.352 e. The van der Waals surface area contributed by atoms with Gasteiger partial charge in [-0.1, -0.05) is 5.16 Å². The van der Waals surface area contributed by atoms with Crippen LogP contribution in [0.25, 0.3) is 0 Å². The van der Waals surface area contributed by atoms with Gasteiger partial charge in [-0.25, -0.2) is 15.7 Å². The van der Waals surface area contributed by atoms with Gasteiger partial charge in [-0.05, 0) is 6.92 Å². The number of nitrogens with zero attached hydrogens (tertiary/aromatic N) is 3. The van der Waals surface area contributed by atoms with E-state index in [9.17, 15) is 24.3 Å². The number of carbonyl (C=O) groups excluding carboxylic acids is 3. The molecule has 7 N–H and O–H groups in total. The number of carbonyl (C=O) groups is 4. The van der Waals surface area contributed by atoms with E-state index < -0.39 is 52.5 Å². The number of thiazole rings is 1. The number of hydrogen-bond acceptors (Lipinski definition) is 12. The number of fused-ring (bicyclic) bond motifs is 1. The van der Waals surface area contributed by atoms with Crippen molar-refractivity contribution >= 4 is 57.5 Å². The van der Waals surface area contributed by atoms with Gasteiger partial charge in [-0.2, -0.15) is 0 Å². The molecule has 30 heavy (non-hydrogen) atoms. The number of anilines is 1. The maximum absolute atomic E-state index is 12.6. The number of hydrogen-bond donors (Lipinski definition) is 5. The van der Waals surface area contributed by atoms with Crippen molar-refractivity contribution in [2.24, 2.45) is 11.1 Å². The second kappa shape index (κ2) is 8.39. The third kappa shape index (κ3) is 3.62. The number of rotatable bonds is 7. The monoisotopic (exact) mass is 456 g/mol. The first-order valence-electron chi connectivity index (χ1n) is 8.22. The molecule has 0 spiro atoms. The summed E-state index contributed by atoms with van der Waals surface area (Å²) in [6.45, 7) is 1.18. The number of carboxylic acids is 1. The molecule has 13 nitrogen and oxygen atoms in total. The first-order valence-corrected chi connectivity index (χ1v) is 10.1. The van der Waals surface area contributed by atoms with Gasteiger partial charge < -0.3 is 21.4 Å². The van der Waals surface area contributed by atoms with Gasteiger partial charge in [0.05, 0.1) is 0 Å². The summed E-state index contributed by atoms with van der Waals surface area (Å²) in [4.78, 5) is 58.0. The molecule has 2 aliphatic rings. The molecule has 3 atom stereocenters. The molecule has 1 fully saturated rings. The molecular weight excluding hydrogens is 440 g/mol. The topological polar surface area (TPSA) is 211 Å². The van der Waals surface area contributed by atoms with Gasteiger partial charge in [-0.3, -0.25) is 24.1 Å². The Morgan fingerprint density at radius 2 is 2.17 bits per heavy atom. The van der Waals surface area contributed by atoms with E-state index in [-0.39, 0.29) is 22.2 Å². The molecule has 0 saturated carbocycles. The standard InChI is InChI=1S/C15H16N6O7S2/c1-4(22)10(28-17)5-2-29-13-8(12(24)21(13)9(5)14(25)26)19-11(23)7(20-27)6-3-30-15(16)18-6/h3,8,10,13,27H,2,17H2,1H3,(H2,16,18)(H,19,23)(H,25,26)/t8?,10?,13-/m0/s1. The highest BCUT2D eigenvalue weighted by atomic mass is 32.2. The Balaban J connectivity index is 1.83. The van der Waals surface area contributed by atoms with Crippen LogP contribution in [0, 0.1) is 0 Å². The Labute approximate surface area is 176 Å². The minimum Gasteiger partial charge on any atom is -0.477 e. The number of aromatic nitrogens is 1. The van der Waals surface area contributed by atoms with Crippen molar-refractivity contribution in [2.45, 2.75) is 24.4 Å². The molecule has 0 aliphatic carbocycles. The highest BCUT2D eigenvalue weighted by molar-refractivity contribution is 8.00. The molecule has 15 heteroatoms. The Morgan fingerprint density at radius 1 is 1.47 bits per heavy atom. The minimum absolute atomic E-state index is 0.0234. The molecule has 2 unspecified atom stereocenters. The summed E-state index contributed by atoms with van der Waals surface area (Å²) in [5.41, 5.74) is 4.72. The lowest BCUT2D eigenvalue weighted by Crippen LogP contribution is -2.71. The highest BCUT2D eigenvalue weighted by Crippen LogP contribution is 2.41. The zero-order valence-electron chi connectivity index (χ0n) is 15.3. The zero-order valence-corrected chi connectivity index (χ0v) is 16.9. The van der Waals surface area contributed by atoms with Crippen molar-refractivity contribution < 1.29 is 34.3 Å². The molecule has 1 saturated heterocycles. The largest absolute Gasteiger partial charge is 0.477 e. The van der Waals surface area contributed by atoms with E-state index in [1.165, 1.54) is 12.3 Å². The molecule has 3 rings (SSSR count). The first kappa shape index (κ1) is 21.7. The smallest absolute Gasteiger partial charge is 0.352 e. The van der Waals surface area contributed by atoms with Crippen LogP contribution in [0.2, 0.25) is 0 Å². The van der Waals surface area contributed by atoms with Crippen LogP contribution in [-0.4, -0.2) is 72.7 Å². The van der Waals surface area contributed by atoms with E-state index in [1.54, 1.807) is 0 Å². The second-order valence-electron chi connectivity index (χ2n) is 6.19. The predicted molar refractivity (Wildman–Crippen MR) is 104 cm³/mol. The molecule has 0 bridgehead atoms. The van der Waals surface area contributed by atoms with Crippen molar-refractivity contribution in [2.75, 3.05) is 11.5 Å². The van der Waals surface area contributed by atoms with Crippen LogP contribution in [0.15, 0.2) is 21.8 Å². The van der Waals surface area contributed by atoms with Crippen molar-refractivity contribution in [1.82, 2.24) is 15.2 Å². The van der Waals surface area contributed by atoms with Crippen LogP contribution >= 0.6 is 23.1 Å². The van der Waals surface area contributed by atoms with Gasteiger partial charge in [0.25, 0.3) is 11.8 Å². The molecular formula is C15H16N6O7S2. The summed E-state index contributed by atoms with van der Waals surface area (Å²) in [7, 11) is 0. The predicted octanol–water partition coefficient (Wildman–Crippen LogP) is -1.51. The lowest BCUT2D eigenvalue weighted by Gasteiger charge is -2.49. The van der Waals surface area contributed by atoms with Crippen LogP contribution < -0.4 is 16.9 Å². The zero-order chi connectivity index (χ0) is 22.2. The summed E-state index contributed by atoms with van der Waals surface area (Å²) in [6, 6.07) is -1.08. The summed E-state index contributed by atoms with van der Waals surface area (Å²) in [5.74, 6) is 1.60. The normalized spacial score (nSPS) is 22.3. The van der Waals surface area contributed by atoms with Gasteiger partial charge in [-0.15, -0.1) is 23.1 Å². The number of amides is 2. The Bertz CT molecular complexity index is 990. The van der Waals surface area contributed by atoms with E-state index in [1.807, 2.05) is 0 Å². The summed E-state index contributed by atoms with van der Waals surface area (Å²) in [6.07, 6.45) is -1.31. The summed E-state index contributed by atoms with van der Waals surface area (Å²) in [5, 5.41) is 24.9. The number of aliphatic carboxylic acids is 1. The van der Waals surface area contributed by atoms with Gasteiger partial charge in [0, 0.05) is 16.7 Å². The lowest BCUT2D eigenvalue weighted by atomic mass is 9.99. The number of nitrogens with one attached hydrogen (secondary N) is 1. The number of β-lactam (4-membered cyclic amide) rings is 1. The maximum atomic E-state index is 12.6. The van der Waals surface area contributed by atoms with Crippen LogP contribution in [0.5, 0.6) is 0 Å². The Morgan fingerprint density at radius 3 is 2.67 bits per heavy atom. The quantitative estimate of drug-likeness (QED) is 0.138. The number of nitrogen functional groups attached to an aromatic ring is 1. The fraction of sp³-hybridized carbons (Fsp3) is 0.333. The van der Waals surface area contributed by atoms with Crippen LogP contribution in [0.4, 0.5) is 5.13 Å². The third-order valence-electron chi connectivity index (χ3n) is 4.39. The second-order valence-corrected chi connectivity index (χ2v) is 8.18. The molecule has 1 aromatic rings. The van der Waals surface area contributed by atoms with E-state index in [4.69, 9.17) is 16.8 Å². The highest BCUT2D eigenvalue weighted by Gasteiger charge is 2.55. The Hall–Kier alpha value is -3.01. The van der Waals surface area contributed by atoms with Crippen molar-refractivity contribution in [3.05, 3.63) is 22.3 Å². The third-order valence-corrected chi connectivity index (χ3v) is 6.36. The molecule has 1 aromatic heterocycles. The fourth-order valence-corrected chi connectivity index (χ4v) is 5.01. The number of nitrogens with two attached hydrogens (primary N) is 2. The SMILES string of the molecule is CC(=O)C(ON)C1=C(C(=O)O)N2C(=O)C(NC(=O)C(=NO)c3csc(N)n3)[C@@H]2SC1. The van der Waals surface area contributed by atoms with Crippen LogP contribution in [-0.2, 0) is 24.0 Å². The number of carboxylic acid groups (broad SMARTS) is 1. The average Bonchev–Trinajstić information content (AvgIpc) is 3.12. The van der Waals surface area contributed by atoms with E-state index in [0.29, 0.717) is 0 Å². The molecule has 2 amide bonds. The number of thioether (sulfide) groups is 1. The molecule has 2 aliphatic heterocycles. The number of ketones is 1. The fourth-order valence-electron chi connectivity index (χ4n) is 3.09. The van der Waals surface area contributed by atoms with Gasteiger partial charge in [0.2, 0.25) is 0 Å². The van der Waals surface area contributed by atoms with Gasteiger partial charge in [0.15, 0.2) is 22.7 Å². The van der Waals surface area contributed by atoms with Gasteiger partial charge in [0.1, 0.15) is 22.8 Å². The molecule has 0 aromatic carbocycles. The summed E-state index contributed by atoms with van der Waals surface area (Å²) >= 11 is 2.15. The lowest BCUT2D eigenvalue weighted by molar-refractivity contribution is -0.150. The molecule has 3 heterocycles. The van der Waals surface area contributed by atoms with Crippen molar-refractivity contribution in [3.8, 4) is 0 Å². The van der Waals surface area contributed by atoms with Gasteiger partial charge >= 0.3 is 5.97 Å². The van der Waals surface area contributed by atoms with E-state index >= 15 is 0 Å². The first-order chi connectivity index (χ1) is 14.2. The minimum atomic E-state index is -1.44.